The van der Waals surface area contributed by atoms with E-state index in [1.807, 2.05) is 19.1 Å². The molecule has 0 fully saturated rings. The van der Waals surface area contributed by atoms with Crippen molar-refractivity contribution in [2.24, 2.45) is 5.73 Å². The molecule has 0 bridgehead atoms. The monoisotopic (exact) mass is 231 g/mol. The van der Waals surface area contributed by atoms with Gasteiger partial charge in [0.1, 0.15) is 11.3 Å². The van der Waals surface area contributed by atoms with Crippen LogP contribution in [0.2, 0.25) is 0 Å². The van der Waals surface area contributed by atoms with Crippen LogP contribution in [0.5, 0.6) is 5.75 Å². The topological polar surface area (TPSA) is 71.2 Å². The maximum Gasteiger partial charge on any atom is 0.141 e. The molecule has 0 saturated carbocycles. The van der Waals surface area contributed by atoms with Gasteiger partial charge in [0.2, 0.25) is 0 Å². The van der Waals surface area contributed by atoms with E-state index in [2.05, 4.69) is 10.3 Å². The van der Waals surface area contributed by atoms with E-state index < -0.39 is 0 Å². The second kappa shape index (κ2) is 5.12. The van der Waals surface area contributed by atoms with Gasteiger partial charge in [-0.05, 0) is 30.2 Å². The number of nitrogens with one attached hydrogen (secondary N) is 1. The van der Waals surface area contributed by atoms with Gasteiger partial charge in [0, 0.05) is 31.2 Å². The van der Waals surface area contributed by atoms with Crippen molar-refractivity contribution in [2.75, 3.05) is 13.1 Å². The first-order chi connectivity index (χ1) is 8.24. The number of phenols is 1. The van der Waals surface area contributed by atoms with Gasteiger partial charge in [0.25, 0.3) is 0 Å². The van der Waals surface area contributed by atoms with Crippen LogP contribution in [0.15, 0.2) is 24.4 Å². The highest BCUT2D eigenvalue weighted by Crippen LogP contribution is 2.27. The number of nitrogens with zero attached hydrogens (tertiary/aromatic N) is 1. The summed E-state index contributed by atoms with van der Waals surface area (Å²) in [6.45, 7) is 4.16. The van der Waals surface area contributed by atoms with E-state index in [0.717, 1.165) is 29.6 Å². The molecule has 0 radical (unpaired) electrons. The molecular formula is C13H17N3O. The first-order valence-corrected chi connectivity index (χ1v) is 5.71. The maximum absolute atomic E-state index is 9.79. The summed E-state index contributed by atoms with van der Waals surface area (Å²) in [5.41, 5.74) is 8.37. The van der Waals surface area contributed by atoms with E-state index in [4.69, 9.17) is 5.73 Å². The number of aromatic hydroxyl groups is 1. The van der Waals surface area contributed by atoms with Crippen molar-refractivity contribution < 1.29 is 5.11 Å². The van der Waals surface area contributed by atoms with Crippen molar-refractivity contribution >= 4 is 10.9 Å². The normalized spacial score (nSPS) is 10.9. The SMILES string of the molecule is Cc1ccnc2c(O)ccc(CNCCN)c12. The van der Waals surface area contributed by atoms with Crippen LogP contribution in [-0.4, -0.2) is 23.2 Å². The summed E-state index contributed by atoms with van der Waals surface area (Å²) < 4.78 is 0. The molecule has 0 atom stereocenters. The van der Waals surface area contributed by atoms with Crippen molar-refractivity contribution in [1.29, 1.82) is 0 Å². The van der Waals surface area contributed by atoms with E-state index in [1.54, 1.807) is 12.3 Å². The second-order valence-corrected chi connectivity index (χ2v) is 4.06. The number of fused-ring (bicyclic) bond motifs is 1. The summed E-state index contributed by atoms with van der Waals surface area (Å²) in [5, 5.41) is 14.1. The molecule has 4 nitrogen and oxygen atoms in total. The molecule has 0 aliphatic carbocycles. The molecular weight excluding hydrogens is 214 g/mol. The molecule has 0 amide bonds. The molecule has 17 heavy (non-hydrogen) atoms. The van der Waals surface area contributed by atoms with Crippen LogP contribution in [0.25, 0.3) is 10.9 Å². The molecule has 1 aromatic carbocycles. The quantitative estimate of drug-likeness (QED) is 0.694. The second-order valence-electron chi connectivity index (χ2n) is 4.06. The predicted molar refractivity (Wildman–Crippen MR) is 68.9 cm³/mol. The van der Waals surface area contributed by atoms with Crippen LogP contribution in [0, 0.1) is 6.92 Å². The maximum atomic E-state index is 9.79. The number of aromatic nitrogens is 1. The van der Waals surface area contributed by atoms with E-state index in [-0.39, 0.29) is 5.75 Å². The molecule has 2 aromatic rings. The Morgan fingerprint density at radius 1 is 1.35 bits per heavy atom. The zero-order valence-electron chi connectivity index (χ0n) is 9.90. The fraction of sp³-hybridized carbons (Fsp3) is 0.308. The summed E-state index contributed by atoms with van der Waals surface area (Å²) in [5.74, 6) is 0.228. The third-order valence-corrected chi connectivity index (χ3v) is 2.80. The Morgan fingerprint density at radius 3 is 2.94 bits per heavy atom. The fourth-order valence-corrected chi connectivity index (χ4v) is 1.97. The Labute approximate surface area is 100 Å². The van der Waals surface area contributed by atoms with Gasteiger partial charge >= 0.3 is 0 Å². The number of benzene rings is 1. The van der Waals surface area contributed by atoms with Gasteiger partial charge in [-0.2, -0.15) is 0 Å². The number of hydrogen-bond donors (Lipinski definition) is 3. The molecule has 0 aliphatic heterocycles. The standard InChI is InChI=1S/C13H17N3O/c1-9-4-6-16-13-11(17)3-2-10(12(9)13)8-15-7-5-14/h2-4,6,15,17H,5,7-8,14H2,1H3. The number of nitrogens with two attached hydrogens (primary N) is 1. The summed E-state index contributed by atoms with van der Waals surface area (Å²) in [6, 6.07) is 5.57. The largest absolute Gasteiger partial charge is 0.506 e. The minimum Gasteiger partial charge on any atom is -0.506 e. The van der Waals surface area contributed by atoms with Crippen LogP contribution >= 0.6 is 0 Å². The highest BCUT2D eigenvalue weighted by molar-refractivity contribution is 5.89. The number of phenolic OH excluding ortho intramolecular Hbond substituents is 1. The molecule has 1 aromatic heterocycles. The molecule has 2 rings (SSSR count). The van der Waals surface area contributed by atoms with Gasteiger partial charge in [-0.3, -0.25) is 4.98 Å². The average molecular weight is 231 g/mol. The summed E-state index contributed by atoms with van der Waals surface area (Å²) in [4.78, 5) is 4.23. The third-order valence-electron chi connectivity index (χ3n) is 2.80. The van der Waals surface area contributed by atoms with E-state index in [0.29, 0.717) is 12.1 Å². The number of rotatable bonds is 4. The molecule has 0 unspecified atom stereocenters. The minimum atomic E-state index is 0.228. The zero-order chi connectivity index (χ0) is 12.3. The lowest BCUT2D eigenvalue weighted by molar-refractivity contribution is 0.480. The molecule has 0 saturated heterocycles. The molecule has 0 spiro atoms. The van der Waals surface area contributed by atoms with Crippen LogP contribution in [-0.2, 0) is 6.54 Å². The number of hydrogen-bond acceptors (Lipinski definition) is 4. The minimum absolute atomic E-state index is 0.228. The van der Waals surface area contributed by atoms with E-state index in [9.17, 15) is 5.11 Å². The Bertz CT molecular complexity index is 525. The molecule has 4 heteroatoms. The van der Waals surface area contributed by atoms with Crippen LogP contribution in [0.1, 0.15) is 11.1 Å². The Kier molecular flexibility index (Phi) is 3.56. The molecule has 0 aliphatic rings. The van der Waals surface area contributed by atoms with Gasteiger partial charge in [-0.15, -0.1) is 0 Å². The zero-order valence-corrected chi connectivity index (χ0v) is 9.90. The average Bonchev–Trinajstić information content (AvgIpc) is 2.33. The van der Waals surface area contributed by atoms with Crippen molar-refractivity contribution in [3.63, 3.8) is 0 Å². The lowest BCUT2D eigenvalue weighted by atomic mass is 10.0. The summed E-state index contributed by atoms with van der Waals surface area (Å²) in [7, 11) is 0. The van der Waals surface area contributed by atoms with Crippen molar-refractivity contribution in [2.45, 2.75) is 13.5 Å². The highest BCUT2D eigenvalue weighted by atomic mass is 16.3. The molecule has 4 N–H and O–H groups in total. The van der Waals surface area contributed by atoms with Crippen molar-refractivity contribution in [3.8, 4) is 5.75 Å². The van der Waals surface area contributed by atoms with Crippen LogP contribution in [0.4, 0.5) is 0 Å². The van der Waals surface area contributed by atoms with Gasteiger partial charge in [-0.1, -0.05) is 6.07 Å². The summed E-state index contributed by atoms with van der Waals surface area (Å²) >= 11 is 0. The third kappa shape index (κ3) is 2.38. The Morgan fingerprint density at radius 2 is 2.18 bits per heavy atom. The van der Waals surface area contributed by atoms with Gasteiger partial charge in [-0.25, -0.2) is 0 Å². The highest BCUT2D eigenvalue weighted by Gasteiger charge is 2.08. The van der Waals surface area contributed by atoms with Crippen LogP contribution in [0.3, 0.4) is 0 Å². The van der Waals surface area contributed by atoms with Gasteiger partial charge in [0.15, 0.2) is 0 Å². The van der Waals surface area contributed by atoms with E-state index >= 15 is 0 Å². The Balaban J connectivity index is 2.45. The lowest BCUT2D eigenvalue weighted by Crippen LogP contribution is -2.22. The van der Waals surface area contributed by atoms with Crippen molar-refractivity contribution in [1.82, 2.24) is 10.3 Å². The molecule has 1 heterocycles. The van der Waals surface area contributed by atoms with Gasteiger partial charge in [0.05, 0.1) is 0 Å². The number of aryl methyl sites for hydroxylation is 1. The Hall–Kier alpha value is -1.65. The number of pyridine rings is 1. The van der Waals surface area contributed by atoms with E-state index in [1.165, 1.54) is 0 Å². The lowest BCUT2D eigenvalue weighted by Gasteiger charge is -2.10. The fourth-order valence-electron chi connectivity index (χ4n) is 1.97. The molecule has 90 valence electrons. The predicted octanol–water partition coefficient (Wildman–Crippen LogP) is 1.30. The van der Waals surface area contributed by atoms with Crippen molar-refractivity contribution in [3.05, 3.63) is 35.5 Å². The van der Waals surface area contributed by atoms with Crippen LogP contribution < -0.4 is 11.1 Å². The van der Waals surface area contributed by atoms with Gasteiger partial charge < -0.3 is 16.2 Å². The first-order valence-electron chi connectivity index (χ1n) is 5.71. The first kappa shape index (κ1) is 11.8. The smallest absolute Gasteiger partial charge is 0.141 e. The summed E-state index contributed by atoms with van der Waals surface area (Å²) in [6.07, 6.45) is 1.72.